The number of aromatic nitrogens is 1. The van der Waals surface area contributed by atoms with E-state index < -0.39 is 0 Å². The molecule has 2 nitrogen and oxygen atoms in total. The Morgan fingerprint density at radius 2 is 1.95 bits per heavy atom. The number of benzene rings is 1. The van der Waals surface area contributed by atoms with Crippen LogP contribution in [0.15, 0.2) is 52.5 Å². The lowest BCUT2D eigenvalue weighted by molar-refractivity contribution is 0.556. The second-order valence-corrected chi connectivity index (χ2v) is 6.74. The summed E-state index contributed by atoms with van der Waals surface area (Å²) < 4.78 is 0. The number of thiazole rings is 1. The predicted octanol–water partition coefficient (Wildman–Crippen LogP) is 4.24. The molecular formula is C17H18N2S2. The Bertz CT molecular complexity index is 659. The Balaban J connectivity index is 1.68. The van der Waals surface area contributed by atoms with Gasteiger partial charge in [-0.25, -0.2) is 4.98 Å². The third-order valence-electron chi connectivity index (χ3n) is 3.51. The van der Waals surface area contributed by atoms with E-state index in [0.717, 1.165) is 18.5 Å². The zero-order valence-corrected chi connectivity index (χ0v) is 13.6. The molecule has 0 spiro atoms. The fourth-order valence-corrected chi connectivity index (χ4v) is 3.89. The molecule has 0 saturated heterocycles. The van der Waals surface area contributed by atoms with Crippen LogP contribution in [0.25, 0.3) is 11.3 Å². The second kappa shape index (κ2) is 6.98. The summed E-state index contributed by atoms with van der Waals surface area (Å²) in [5.74, 6) is 0. The van der Waals surface area contributed by atoms with E-state index >= 15 is 0 Å². The van der Waals surface area contributed by atoms with Crippen LogP contribution in [0.1, 0.15) is 10.6 Å². The van der Waals surface area contributed by atoms with Crippen LogP contribution < -0.4 is 5.32 Å². The molecule has 0 aliphatic heterocycles. The van der Waals surface area contributed by atoms with E-state index in [4.69, 9.17) is 4.98 Å². The lowest BCUT2D eigenvalue weighted by atomic mass is 10.1. The van der Waals surface area contributed by atoms with Crippen molar-refractivity contribution in [3.8, 4) is 11.3 Å². The summed E-state index contributed by atoms with van der Waals surface area (Å²) in [7, 11) is 2.03. The number of nitrogens with one attached hydrogen (secondary N) is 1. The number of rotatable bonds is 6. The molecule has 0 amide bonds. The molecule has 1 unspecified atom stereocenters. The normalized spacial score (nSPS) is 12.4. The molecule has 2 heterocycles. The molecule has 3 aromatic rings. The predicted molar refractivity (Wildman–Crippen MR) is 92.1 cm³/mol. The van der Waals surface area contributed by atoms with Gasteiger partial charge in [0.15, 0.2) is 0 Å². The first kappa shape index (κ1) is 14.4. The lowest BCUT2D eigenvalue weighted by Gasteiger charge is -2.13. The van der Waals surface area contributed by atoms with E-state index in [-0.39, 0.29) is 0 Å². The van der Waals surface area contributed by atoms with Gasteiger partial charge >= 0.3 is 0 Å². The molecule has 0 radical (unpaired) electrons. The zero-order chi connectivity index (χ0) is 14.5. The Labute approximate surface area is 133 Å². The van der Waals surface area contributed by atoms with E-state index in [1.165, 1.54) is 16.1 Å². The van der Waals surface area contributed by atoms with Crippen LogP contribution in [-0.2, 0) is 12.8 Å². The topological polar surface area (TPSA) is 24.9 Å². The Kier molecular flexibility index (Phi) is 4.80. The molecular weight excluding hydrogens is 296 g/mol. The number of likely N-dealkylation sites (N-methyl/N-ethyl adjacent to an activating group) is 1. The summed E-state index contributed by atoms with van der Waals surface area (Å²) in [4.78, 5) is 4.78. The van der Waals surface area contributed by atoms with Crippen molar-refractivity contribution in [2.24, 2.45) is 0 Å². The smallest absolute Gasteiger partial charge is 0.0948 e. The van der Waals surface area contributed by atoms with Gasteiger partial charge in [0.05, 0.1) is 10.7 Å². The van der Waals surface area contributed by atoms with Crippen LogP contribution >= 0.6 is 22.7 Å². The van der Waals surface area contributed by atoms with Gasteiger partial charge in [0.1, 0.15) is 0 Å². The molecule has 2 aromatic heterocycles. The van der Waals surface area contributed by atoms with Crippen LogP contribution in [0.5, 0.6) is 0 Å². The highest BCUT2D eigenvalue weighted by atomic mass is 32.1. The minimum Gasteiger partial charge on any atom is -0.316 e. The van der Waals surface area contributed by atoms with Gasteiger partial charge in [0, 0.05) is 23.4 Å². The van der Waals surface area contributed by atoms with Gasteiger partial charge in [0.2, 0.25) is 0 Å². The van der Waals surface area contributed by atoms with Gasteiger partial charge in [-0.1, -0.05) is 30.3 Å². The third-order valence-corrected chi connectivity index (χ3v) is 5.12. The van der Waals surface area contributed by atoms with Crippen LogP contribution in [0.3, 0.4) is 0 Å². The Hall–Kier alpha value is -1.49. The quantitative estimate of drug-likeness (QED) is 0.736. The molecule has 0 bridgehead atoms. The number of hydrogen-bond acceptors (Lipinski definition) is 4. The monoisotopic (exact) mass is 314 g/mol. The van der Waals surface area contributed by atoms with E-state index in [0.29, 0.717) is 6.04 Å². The summed E-state index contributed by atoms with van der Waals surface area (Å²) in [5.41, 5.74) is 3.68. The van der Waals surface area contributed by atoms with Crippen molar-refractivity contribution < 1.29 is 0 Å². The van der Waals surface area contributed by atoms with Crippen molar-refractivity contribution in [1.29, 1.82) is 0 Å². The average molecular weight is 314 g/mol. The minimum atomic E-state index is 0.439. The first-order valence-electron chi connectivity index (χ1n) is 7.03. The first-order valence-corrected chi connectivity index (χ1v) is 8.85. The van der Waals surface area contributed by atoms with E-state index in [1.807, 2.05) is 13.1 Å². The molecule has 108 valence electrons. The fourth-order valence-electron chi connectivity index (χ4n) is 2.33. The molecule has 0 saturated carbocycles. The van der Waals surface area contributed by atoms with Crippen molar-refractivity contribution in [3.63, 3.8) is 0 Å². The molecule has 0 fully saturated rings. The molecule has 1 atom stereocenters. The van der Waals surface area contributed by atoms with Crippen LogP contribution in [-0.4, -0.2) is 18.1 Å². The maximum absolute atomic E-state index is 4.78. The number of thiophene rings is 1. The molecule has 1 aromatic carbocycles. The van der Waals surface area contributed by atoms with Gasteiger partial charge in [-0.15, -0.1) is 11.3 Å². The standard InChI is InChI=1S/C17H18N2S2/c1-18-15(9-13-7-8-20-11-13)10-17-19-16(12-21-17)14-5-3-2-4-6-14/h2-8,11-12,15,18H,9-10H2,1H3. The largest absolute Gasteiger partial charge is 0.316 e. The molecule has 0 aliphatic rings. The van der Waals surface area contributed by atoms with Gasteiger partial charge < -0.3 is 5.32 Å². The maximum atomic E-state index is 4.78. The van der Waals surface area contributed by atoms with Gasteiger partial charge in [0.25, 0.3) is 0 Å². The van der Waals surface area contributed by atoms with Gasteiger partial charge in [-0.2, -0.15) is 11.3 Å². The number of nitrogens with zero attached hydrogens (tertiary/aromatic N) is 1. The van der Waals surface area contributed by atoms with Crippen molar-refractivity contribution in [2.75, 3.05) is 7.05 Å². The Morgan fingerprint density at radius 1 is 1.10 bits per heavy atom. The van der Waals surface area contributed by atoms with Crippen LogP contribution in [0.2, 0.25) is 0 Å². The SMILES string of the molecule is CNC(Cc1ccsc1)Cc1nc(-c2ccccc2)cs1. The summed E-state index contributed by atoms with van der Waals surface area (Å²) in [6.45, 7) is 0. The van der Waals surface area contributed by atoms with E-state index in [1.54, 1.807) is 22.7 Å². The van der Waals surface area contributed by atoms with E-state index in [2.05, 4.69) is 51.8 Å². The summed E-state index contributed by atoms with van der Waals surface area (Å²) in [6.07, 6.45) is 2.03. The molecule has 0 aliphatic carbocycles. The third kappa shape index (κ3) is 3.79. The highest BCUT2D eigenvalue weighted by Crippen LogP contribution is 2.23. The van der Waals surface area contributed by atoms with Gasteiger partial charge in [-0.3, -0.25) is 0 Å². The molecule has 1 N–H and O–H groups in total. The van der Waals surface area contributed by atoms with Gasteiger partial charge in [-0.05, 0) is 35.9 Å². The minimum absolute atomic E-state index is 0.439. The van der Waals surface area contributed by atoms with E-state index in [9.17, 15) is 0 Å². The fraction of sp³-hybridized carbons (Fsp3) is 0.235. The summed E-state index contributed by atoms with van der Waals surface area (Å²) in [5, 5.41) is 11.1. The van der Waals surface area contributed by atoms with Crippen molar-refractivity contribution >= 4 is 22.7 Å². The highest BCUT2D eigenvalue weighted by molar-refractivity contribution is 7.10. The lowest BCUT2D eigenvalue weighted by Crippen LogP contribution is -2.29. The van der Waals surface area contributed by atoms with Crippen LogP contribution in [0, 0.1) is 0 Å². The molecule has 21 heavy (non-hydrogen) atoms. The number of hydrogen-bond donors (Lipinski definition) is 1. The zero-order valence-electron chi connectivity index (χ0n) is 12.0. The molecule has 4 heteroatoms. The Morgan fingerprint density at radius 3 is 2.67 bits per heavy atom. The second-order valence-electron chi connectivity index (χ2n) is 5.02. The highest BCUT2D eigenvalue weighted by Gasteiger charge is 2.12. The van der Waals surface area contributed by atoms with Crippen molar-refractivity contribution in [2.45, 2.75) is 18.9 Å². The average Bonchev–Trinajstić information content (AvgIpc) is 3.19. The van der Waals surface area contributed by atoms with Crippen molar-refractivity contribution in [3.05, 3.63) is 63.1 Å². The maximum Gasteiger partial charge on any atom is 0.0948 e. The summed E-state index contributed by atoms with van der Waals surface area (Å²) >= 11 is 3.51. The molecule has 3 rings (SSSR count). The van der Waals surface area contributed by atoms with Crippen molar-refractivity contribution in [1.82, 2.24) is 10.3 Å². The summed E-state index contributed by atoms with van der Waals surface area (Å²) in [6, 6.07) is 13.0. The first-order chi connectivity index (χ1) is 10.3. The van der Waals surface area contributed by atoms with Crippen LogP contribution in [0.4, 0.5) is 0 Å².